The van der Waals surface area contributed by atoms with Crippen molar-refractivity contribution in [2.75, 3.05) is 18.0 Å². The molecular weight excluding hydrogens is 408 g/mol. The second-order valence-electron chi connectivity index (χ2n) is 8.70. The Hall–Kier alpha value is -2.67. The summed E-state index contributed by atoms with van der Waals surface area (Å²) in [6.45, 7) is 1.89. The number of hydrogen-bond acceptors (Lipinski definition) is 5. The van der Waals surface area contributed by atoms with Gasteiger partial charge in [0.25, 0.3) is 5.56 Å². The number of carbonyl (C=O) groups excluding carboxylic acids is 1. The molecule has 1 aromatic carbocycles. The molecule has 2 fully saturated rings. The van der Waals surface area contributed by atoms with Crippen molar-refractivity contribution in [2.24, 2.45) is 5.92 Å². The van der Waals surface area contributed by atoms with Crippen LogP contribution in [-0.2, 0) is 11.3 Å². The van der Waals surface area contributed by atoms with Crippen LogP contribution in [0.1, 0.15) is 44.1 Å². The third kappa shape index (κ3) is 4.24. The molecule has 1 unspecified atom stereocenters. The molecule has 1 atom stereocenters. The number of nitrogens with zero attached hydrogens (tertiary/aromatic N) is 3. The second kappa shape index (κ2) is 8.83. The number of fused-ring (bicyclic) bond motifs is 1. The van der Waals surface area contributed by atoms with Crippen molar-refractivity contribution >= 4 is 33.4 Å². The average Bonchev–Trinajstić information content (AvgIpc) is 3.48. The van der Waals surface area contributed by atoms with Gasteiger partial charge in [-0.15, -0.1) is 11.3 Å². The van der Waals surface area contributed by atoms with Gasteiger partial charge in [0.1, 0.15) is 4.70 Å². The van der Waals surface area contributed by atoms with Crippen LogP contribution < -0.4 is 15.8 Å². The summed E-state index contributed by atoms with van der Waals surface area (Å²) in [5.41, 5.74) is 1.80. The number of anilines is 1. The van der Waals surface area contributed by atoms with Crippen LogP contribution in [0, 0.1) is 5.92 Å². The summed E-state index contributed by atoms with van der Waals surface area (Å²) in [7, 11) is 0. The molecule has 0 spiro atoms. The molecule has 1 saturated heterocycles. The van der Waals surface area contributed by atoms with Gasteiger partial charge in [-0.05, 0) is 42.7 Å². The SMILES string of the molecule is O=C(NC1CCCC1)C1CCCN(c2nc3ccsc3c(=O)n2Cc2ccccc2)C1. The van der Waals surface area contributed by atoms with Crippen molar-refractivity contribution < 1.29 is 4.79 Å². The predicted molar refractivity (Wildman–Crippen MR) is 125 cm³/mol. The first-order valence-corrected chi connectivity index (χ1v) is 12.1. The normalized spacial score (nSPS) is 19.7. The number of amides is 1. The number of benzene rings is 1. The number of rotatable bonds is 5. The zero-order chi connectivity index (χ0) is 21.2. The molecule has 1 aliphatic heterocycles. The molecule has 1 saturated carbocycles. The van der Waals surface area contributed by atoms with Gasteiger partial charge in [-0.25, -0.2) is 4.98 Å². The van der Waals surface area contributed by atoms with Crippen LogP contribution in [0.2, 0.25) is 0 Å². The zero-order valence-corrected chi connectivity index (χ0v) is 18.4. The van der Waals surface area contributed by atoms with E-state index in [4.69, 9.17) is 4.98 Å². The maximum Gasteiger partial charge on any atom is 0.273 e. The first kappa shape index (κ1) is 20.2. The van der Waals surface area contributed by atoms with Crippen molar-refractivity contribution in [3.8, 4) is 0 Å². The number of hydrogen-bond donors (Lipinski definition) is 1. The van der Waals surface area contributed by atoms with Gasteiger partial charge in [-0.2, -0.15) is 0 Å². The molecule has 5 rings (SSSR count). The Morgan fingerprint density at radius 2 is 1.90 bits per heavy atom. The second-order valence-corrected chi connectivity index (χ2v) is 9.61. The molecule has 3 aromatic rings. The summed E-state index contributed by atoms with van der Waals surface area (Å²) < 4.78 is 2.47. The van der Waals surface area contributed by atoms with E-state index in [0.717, 1.165) is 43.3 Å². The van der Waals surface area contributed by atoms with E-state index in [1.807, 2.05) is 41.8 Å². The third-order valence-corrected chi connectivity index (χ3v) is 7.40. The van der Waals surface area contributed by atoms with Gasteiger partial charge >= 0.3 is 0 Å². The van der Waals surface area contributed by atoms with Crippen LogP contribution in [0.3, 0.4) is 0 Å². The van der Waals surface area contributed by atoms with E-state index in [-0.39, 0.29) is 17.4 Å². The van der Waals surface area contributed by atoms with E-state index in [9.17, 15) is 9.59 Å². The van der Waals surface area contributed by atoms with Crippen LogP contribution in [-0.4, -0.2) is 34.6 Å². The summed E-state index contributed by atoms with van der Waals surface area (Å²) in [5, 5.41) is 5.18. The number of piperidine rings is 1. The highest BCUT2D eigenvalue weighted by Crippen LogP contribution is 2.26. The largest absolute Gasteiger partial charge is 0.353 e. The molecule has 2 aromatic heterocycles. The van der Waals surface area contributed by atoms with Crippen molar-refractivity contribution in [1.29, 1.82) is 0 Å². The molecule has 1 amide bonds. The maximum atomic E-state index is 13.3. The molecule has 31 heavy (non-hydrogen) atoms. The fraction of sp³-hybridized carbons (Fsp3) is 0.458. The van der Waals surface area contributed by atoms with Gasteiger partial charge in [-0.1, -0.05) is 43.2 Å². The van der Waals surface area contributed by atoms with Gasteiger partial charge in [0.05, 0.1) is 18.0 Å². The van der Waals surface area contributed by atoms with Crippen molar-refractivity contribution in [2.45, 2.75) is 51.1 Å². The number of aromatic nitrogens is 2. The topological polar surface area (TPSA) is 67.2 Å². The molecular formula is C24H28N4O2S. The highest BCUT2D eigenvalue weighted by molar-refractivity contribution is 7.17. The average molecular weight is 437 g/mol. The lowest BCUT2D eigenvalue weighted by Crippen LogP contribution is -2.47. The Labute approximate surface area is 185 Å². The van der Waals surface area contributed by atoms with E-state index in [1.54, 1.807) is 4.57 Å². The third-order valence-electron chi connectivity index (χ3n) is 6.51. The van der Waals surface area contributed by atoms with Crippen LogP contribution in [0.4, 0.5) is 5.95 Å². The molecule has 1 aliphatic carbocycles. The van der Waals surface area contributed by atoms with E-state index in [2.05, 4.69) is 10.2 Å². The maximum absolute atomic E-state index is 13.3. The molecule has 1 N–H and O–H groups in total. The summed E-state index contributed by atoms with van der Waals surface area (Å²) in [6.07, 6.45) is 6.41. The molecule has 6 nitrogen and oxygen atoms in total. The lowest BCUT2D eigenvalue weighted by Gasteiger charge is -2.34. The molecule has 0 radical (unpaired) electrons. The molecule has 2 aliphatic rings. The Morgan fingerprint density at radius 3 is 2.71 bits per heavy atom. The highest BCUT2D eigenvalue weighted by atomic mass is 32.1. The summed E-state index contributed by atoms with van der Waals surface area (Å²) in [5.74, 6) is 0.776. The smallest absolute Gasteiger partial charge is 0.273 e. The Bertz CT molecular complexity index is 1120. The standard InChI is InChI=1S/C24H28N4O2S/c29-22(25-19-10-4-5-11-19)18-9-6-13-27(16-18)24-26-20-12-14-31-21(20)23(30)28(24)15-17-7-2-1-3-8-17/h1-3,7-8,12,14,18-19H,4-6,9-11,13,15-16H2,(H,25,29). The van der Waals surface area contributed by atoms with Crippen molar-refractivity contribution in [3.05, 3.63) is 57.7 Å². The van der Waals surface area contributed by atoms with Gasteiger partial charge in [0.15, 0.2) is 0 Å². The summed E-state index contributed by atoms with van der Waals surface area (Å²) >= 11 is 1.44. The number of thiophene rings is 1. The Morgan fingerprint density at radius 1 is 1.10 bits per heavy atom. The summed E-state index contributed by atoms with van der Waals surface area (Å²) in [4.78, 5) is 33.3. The molecule has 162 valence electrons. The summed E-state index contributed by atoms with van der Waals surface area (Å²) in [6, 6.07) is 12.3. The van der Waals surface area contributed by atoms with Gasteiger partial charge in [-0.3, -0.25) is 14.2 Å². The lowest BCUT2D eigenvalue weighted by molar-refractivity contribution is -0.125. The fourth-order valence-corrected chi connectivity index (χ4v) is 5.62. The number of nitrogens with one attached hydrogen (secondary N) is 1. The van der Waals surface area contributed by atoms with Crippen LogP contribution in [0.15, 0.2) is 46.6 Å². The lowest BCUT2D eigenvalue weighted by atomic mass is 9.97. The molecule has 0 bridgehead atoms. The Balaban J connectivity index is 1.44. The molecule has 7 heteroatoms. The number of carbonyl (C=O) groups is 1. The van der Waals surface area contributed by atoms with Crippen LogP contribution >= 0.6 is 11.3 Å². The zero-order valence-electron chi connectivity index (χ0n) is 17.6. The molecule has 3 heterocycles. The minimum atomic E-state index is -0.0606. The minimum absolute atomic E-state index is 0.00335. The van der Waals surface area contributed by atoms with Gasteiger partial charge < -0.3 is 10.2 Å². The van der Waals surface area contributed by atoms with Crippen LogP contribution in [0.25, 0.3) is 10.2 Å². The van der Waals surface area contributed by atoms with Gasteiger partial charge in [0, 0.05) is 19.1 Å². The minimum Gasteiger partial charge on any atom is -0.353 e. The van der Waals surface area contributed by atoms with E-state index in [1.165, 1.54) is 24.2 Å². The van der Waals surface area contributed by atoms with Crippen molar-refractivity contribution in [1.82, 2.24) is 14.9 Å². The van der Waals surface area contributed by atoms with Gasteiger partial charge in [0.2, 0.25) is 11.9 Å². The van der Waals surface area contributed by atoms with E-state index in [0.29, 0.717) is 29.8 Å². The Kier molecular flexibility index (Phi) is 5.76. The fourth-order valence-electron chi connectivity index (χ4n) is 4.84. The first-order valence-electron chi connectivity index (χ1n) is 11.3. The quantitative estimate of drug-likeness (QED) is 0.661. The predicted octanol–water partition coefficient (Wildman–Crippen LogP) is 3.78. The van der Waals surface area contributed by atoms with E-state index >= 15 is 0 Å². The highest BCUT2D eigenvalue weighted by Gasteiger charge is 2.30. The van der Waals surface area contributed by atoms with Crippen molar-refractivity contribution in [3.63, 3.8) is 0 Å². The van der Waals surface area contributed by atoms with E-state index < -0.39 is 0 Å². The first-order chi connectivity index (χ1) is 15.2. The van der Waals surface area contributed by atoms with Crippen LogP contribution in [0.5, 0.6) is 0 Å². The monoisotopic (exact) mass is 436 g/mol.